The fraction of sp³-hybridized carbons (Fsp3) is 0.500. The smallest absolute Gasteiger partial charge is 0.313 e. The molecule has 3 N–H and O–H groups in total. The van der Waals surface area contributed by atoms with E-state index in [-0.39, 0.29) is 12.5 Å². The summed E-state index contributed by atoms with van der Waals surface area (Å²) in [5.41, 5.74) is 1.60. The minimum atomic E-state index is -0.935. The van der Waals surface area contributed by atoms with Crippen molar-refractivity contribution < 1.29 is 14.7 Å². The van der Waals surface area contributed by atoms with Crippen LogP contribution >= 0.6 is 0 Å². The van der Waals surface area contributed by atoms with Gasteiger partial charge in [-0.15, -0.1) is 0 Å². The van der Waals surface area contributed by atoms with Gasteiger partial charge in [-0.3, -0.25) is 9.59 Å². The first kappa shape index (κ1) is 15.5. The van der Waals surface area contributed by atoms with Crippen LogP contribution in [0.4, 0.5) is 5.69 Å². The maximum absolute atomic E-state index is 11.9. The summed E-state index contributed by atoms with van der Waals surface area (Å²) in [7, 11) is 0. The second-order valence-corrected chi connectivity index (χ2v) is 6.09. The molecule has 21 heavy (non-hydrogen) atoms. The number of amides is 2. The summed E-state index contributed by atoms with van der Waals surface area (Å²) in [6, 6.07) is 5.65. The van der Waals surface area contributed by atoms with E-state index >= 15 is 0 Å². The van der Waals surface area contributed by atoms with E-state index in [4.69, 9.17) is 0 Å². The van der Waals surface area contributed by atoms with Gasteiger partial charge in [0.2, 0.25) is 0 Å². The van der Waals surface area contributed by atoms with Crippen LogP contribution in [0.3, 0.4) is 0 Å². The molecule has 0 spiro atoms. The molecular weight excluding hydrogens is 268 g/mol. The fourth-order valence-corrected chi connectivity index (χ4v) is 2.24. The number of aliphatic hydroxyl groups is 1. The van der Waals surface area contributed by atoms with Gasteiger partial charge in [-0.05, 0) is 56.7 Å². The molecule has 1 saturated carbocycles. The SMILES string of the molecule is Cc1ccc(C)c(NC(=O)C(=O)NCC(C)(O)C2CC2)c1. The van der Waals surface area contributed by atoms with Crippen LogP contribution in [0.15, 0.2) is 18.2 Å². The van der Waals surface area contributed by atoms with E-state index in [1.165, 1.54) is 0 Å². The van der Waals surface area contributed by atoms with Gasteiger partial charge in [-0.2, -0.15) is 0 Å². The van der Waals surface area contributed by atoms with Gasteiger partial charge in [0.15, 0.2) is 0 Å². The highest BCUT2D eigenvalue weighted by molar-refractivity contribution is 6.39. The Bertz CT molecular complexity index is 563. The van der Waals surface area contributed by atoms with E-state index in [0.29, 0.717) is 5.69 Å². The topological polar surface area (TPSA) is 78.4 Å². The van der Waals surface area contributed by atoms with Crippen molar-refractivity contribution in [2.24, 2.45) is 5.92 Å². The lowest BCUT2D eigenvalue weighted by Crippen LogP contribution is -2.45. The van der Waals surface area contributed by atoms with Crippen molar-refractivity contribution in [3.05, 3.63) is 29.3 Å². The first-order valence-corrected chi connectivity index (χ1v) is 7.18. The number of hydrogen-bond donors (Lipinski definition) is 3. The third kappa shape index (κ3) is 4.04. The van der Waals surface area contributed by atoms with Crippen LogP contribution in [0.2, 0.25) is 0 Å². The van der Waals surface area contributed by atoms with Crippen LogP contribution in [0.25, 0.3) is 0 Å². The minimum absolute atomic E-state index is 0.0940. The molecule has 1 aromatic carbocycles. The van der Waals surface area contributed by atoms with Crippen molar-refractivity contribution in [2.75, 3.05) is 11.9 Å². The van der Waals surface area contributed by atoms with Gasteiger partial charge < -0.3 is 15.7 Å². The second-order valence-electron chi connectivity index (χ2n) is 6.09. The molecule has 0 heterocycles. The third-order valence-electron chi connectivity index (χ3n) is 3.91. The Kier molecular flexibility index (Phi) is 4.32. The number of anilines is 1. The van der Waals surface area contributed by atoms with Gasteiger partial charge in [-0.1, -0.05) is 12.1 Å². The van der Waals surface area contributed by atoms with E-state index in [1.807, 2.05) is 32.0 Å². The van der Waals surface area contributed by atoms with E-state index in [2.05, 4.69) is 10.6 Å². The summed E-state index contributed by atoms with van der Waals surface area (Å²) < 4.78 is 0. The Balaban J connectivity index is 1.90. The summed E-state index contributed by atoms with van der Waals surface area (Å²) in [5, 5.41) is 15.2. The number of rotatable bonds is 4. The second kappa shape index (κ2) is 5.85. The largest absolute Gasteiger partial charge is 0.388 e. The Labute approximate surface area is 124 Å². The maximum atomic E-state index is 11.9. The first-order valence-electron chi connectivity index (χ1n) is 7.18. The summed E-state index contributed by atoms with van der Waals surface area (Å²) in [6.07, 6.45) is 1.94. The molecule has 1 aromatic rings. The molecule has 0 radical (unpaired) electrons. The van der Waals surface area contributed by atoms with Gasteiger partial charge in [-0.25, -0.2) is 0 Å². The predicted octanol–water partition coefficient (Wildman–Crippen LogP) is 1.52. The zero-order valence-electron chi connectivity index (χ0n) is 12.7. The van der Waals surface area contributed by atoms with Crippen LogP contribution in [-0.2, 0) is 9.59 Å². The summed E-state index contributed by atoms with van der Waals surface area (Å²) in [4.78, 5) is 23.7. The Morgan fingerprint density at radius 3 is 2.57 bits per heavy atom. The molecule has 0 aliphatic heterocycles. The van der Waals surface area contributed by atoms with Crippen LogP contribution in [0.5, 0.6) is 0 Å². The molecule has 5 heteroatoms. The number of aryl methyl sites for hydroxylation is 2. The number of nitrogens with one attached hydrogen (secondary N) is 2. The van der Waals surface area contributed by atoms with E-state index in [0.717, 1.165) is 24.0 Å². The number of hydrogen-bond acceptors (Lipinski definition) is 3. The highest BCUT2D eigenvalue weighted by Crippen LogP contribution is 2.38. The summed E-state index contributed by atoms with van der Waals surface area (Å²) in [5.74, 6) is -1.22. The van der Waals surface area contributed by atoms with Crippen LogP contribution in [-0.4, -0.2) is 29.1 Å². The Hall–Kier alpha value is -1.88. The highest BCUT2D eigenvalue weighted by Gasteiger charge is 2.40. The first-order chi connectivity index (χ1) is 9.79. The van der Waals surface area contributed by atoms with Crippen molar-refractivity contribution in [3.8, 4) is 0 Å². The molecule has 1 fully saturated rings. The minimum Gasteiger partial charge on any atom is -0.388 e. The zero-order chi connectivity index (χ0) is 15.6. The van der Waals surface area contributed by atoms with E-state index in [1.54, 1.807) is 6.92 Å². The van der Waals surface area contributed by atoms with E-state index < -0.39 is 17.4 Å². The molecular formula is C16H22N2O3. The lowest BCUT2D eigenvalue weighted by molar-refractivity contribution is -0.136. The monoisotopic (exact) mass is 290 g/mol. The Morgan fingerprint density at radius 2 is 1.95 bits per heavy atom. The van der Waals surface area contributed by atoms with Gasteiger partial charge in [0.1, 0.15) is 0 Å². The lowest BCUT2D eigenvalue weighted by atomic mass is 10.0. The average molecular weight is 290 g/mol. The highest BCUT2D eigenvalue weighted by atomic mass is 16.3. The van der Waals surface area contributed by atoms with Gasteiger partial charge >= 0.3 is 11.8 Å². The quantitative estimate of drug-likeness (QED) is 0.736. The molecule has 1 atom stereocenters. The fourth-order valence-electron chi connectivity index (χ4n) is 2.24. The molecule has 0 saturated heterocycles. The van der Waals surface area contributed by atoms with Crippen molar-refractivity contribution in [3.63, 3.8) is 0 Å². The van der Waals surface area contributed by atoms with E-state index in [9.17, 15) is 14.7 Å². The van der Waals surface area contributed by atoms with Crippen LogP contribution in [0.1, 0.15) is 30.9 Å². The van der Waals surface area contributed by atoms with Crippen molar-refractivity contribution in [2.45, 2.75) is 39.2 Å². The molecule has 1 aliphatic carbocycles. The lowest BCUT2D eigenvalue weighted by Gasteiger charge is -2.23. The molecule has 0 bridgehead atoms. The molecule has 1 aliphatic rings. The van der Waals surface area contributed by atoms with Crippen LogP contribution in [0, 0.1) is 19.8 Å². The average Bonchev–Trinajstić information content (AvgIpc) is 3.25. The summed E-state index contributed by atoms with van der Waals surface area (Å²) >= 11 is 0. The number of carbonyl (C=O) groups excluding carboxylic acids is 2. The van der Waals surface area contributed by atoms with Crippen molar-refractivity contribution >= 4 is 17.5 Å². The zero-order valence-corrected chi connectivity index (χ0v) is 12.7. The Morgan fingerprint density at radius 1 is 1.29 bits per heavy atom. The third-order valence-corrected chi connectivity index (χ3v) is 3.91. The maximum Gasteiger partial charge on any atom is 0.313 e. The summed E-state index contributed by atoms with van der Waals surface area (Å²) in [6.45, 7) is 5.57. The van der Waals surface area contributed by atoms with Gasteiger partial charge in [0, 0.05) is 12.2 Å². The predicted molar refractivity (Wildman–Crippen MR) is 80.9 cm³/mol. The number of carbonyl (C=O) groups is 2. The standard InChI is InChI=1S/C16H22N2O3/c1-10-4-5-11(2)13(8-10)18-15(20)14(19)17-9-16(3,21)12-6-7-12/h4-5,8,12,21H,6-7,9H2,1-3H3,(H,17,19)(H,18,20). The molecule has 2 rings (SSSR count). The molecule has 0 aromatic heterocycles. The van der Waals surface area contributed by atoms with Crippen molar-refractivity contribution in [1.29, 1.82) is 0 Å². The molecule has 114 valence electrons. The van der Waals surface area contributed by atoms with Gasteiger partial charge in [0.05, 0.1) is 5.60 Å². The normalized spacial score (nSPS) is 17.0. The van der Waals surface area contributed by atoms with Crippen molar-refractivity contribution in [1.82, 2.24) is 5.32 Å². The van der Waals surface area contributed by atoms with Crippen LogP contribution < -0.4 is 10.6 Å². The van der Waals surface area contributed by atoms with Gasteiger partial charge in [0.25, 0.3) is 0 Å². The number of benzene rings is 1. The molecule has 1 unspecified atom stereocenters. The molecule has 5 nitrogen and oxygen atoms in total. The molecule has 2 amide bonds.